The maximum Gasteiger partial charge on any atom is 0.243 e. The molecule has 0 unspecified atom stereocenters. The highest BCUT2D eigenvalue weighted by Crippen LogP contribution is 2.33. The van der Waals surface area contributed by atoms with Crippen LogP contribution in [0.2, 0.25) is 0 Å². The summed E-state index contributed by atoms with van der Waals surface area (Å²) in [6.45, 7) is 3.47. The van der Waals surface area contributed by atoms with E-state index in [0.717, 1.165) is 36.5 Å². The second kappa shape index (κ2) is 7.64. The first-order valence-electron chi connectivity index (χ1n) is 9.39. The molecule has 0 saturated carbocycles. The fourth-order valence-corrected chi connectivity index (χ4v) is 4.65. The van der Waals surface area contributed by atoms with Crippen molar-refractivity contribution < 1.29 is 9.59 Å². The van der Waals surface area contributed by atoms with Gasteiger partial charge in [-0.3, -0.25) is 14.5 Å². The van der Waals surface area contributed by atoms with E-state index in [4.69, 9.17) is 0 Å². The van der Waals surface area contributed by atoms with Crippen molar-refractivity contribution in [2.75, 3.05) is 22.9 Å². The number of carbonyl (C=O) groups excluding carboxylic acids is 2. The molecule has 2 atom stereocenters. The maximum absolute atomic E-state index is 12.9. The summed E-state index contributed by atoms with van der Waals surface area (Å²) in [5.74, 6) is 0.114. The van der Waals surface area contributed by atoms with E-state index in [0.29, 0.717) is 18.1 Å². The molecule has 1 aromatic carbocycles. The molecule has 3 heterocycles. The van der Waals surface area contributed by atoms with Gasteiger partial charge in [-0.15, -0.1) is 10.2 Å². The monoisotopic (exact) mass is 385 g/mol. The summed E-state index contributed by atoms with van der Waals surface area (Å²) in [4.78, 5) is 28.5. The number of anilines is 2. The van der Waals surface area contributed by atoms with Crippen LogP contribution in [0.3, 0.4) is 0 Å². The molecule has 2 aliphatic rings. The standard InChI is InChI=1S/C19H23N5O2S/c1-13(14-7-3-2-4-8-14)20-17(26)15-9-5-11-23(15)18-21-22-19(27-18)24-12-6-10-16(24)25/h2-4,7-8,13,15H,5-6,9-12H2,1H3,(H,20,26)/t13-,15-/m1/s1. The third-order valence-electron chi connectivity index (χ3n) is 5.17. The minimum Gasteiger partial charge on any atom is -0.348 e. The third kappa shape index (κ3) is 3.66. The zero-order chi connectivity index (χ0) is 18.8. The Hall–Kier alpha value is -2.48. The van der Waals surface area contributed by atoms with E-state index in [1.807, 2.05) is 42.2 Å². The van der Waals surface area contributed by atoms with Crippen molar-refractivity contribution in [2.24, 2.45) is 0 Å². The predicted molar refractivity (Wildman–Crippen MR) is 105 cm³/mol. The Morgan fingerprint density at radius 1 is 1.19 bits per heavy atom. The van der Waals surface area contributed by atoms with Gasteiger partial charge in [-0.1, -0.05) is 41.7 Å². The van der Waals surface area contributed by atoms with E-state index < -0.39 is 0 Å². The van der Waals surface area contributed by atoms with Crippen LogP contribution < -0.4 is 15.1 Å². The zero-order valence-corrected chi connectivity index (χ0v) is 16.1. The van der Waals surface area contributed by atoms with Crippen LogP contribution in [0, 0.1) is 0 Å². The topological polar surface area (TPSA) is 78.4 Å². The van der Waals surface area contributed by atoms with E-state index in [2.05, 4.69) is 15.5 Å². The van der Waals surface area contributed by atoms with Gasteiger partial charge in [0.25, 0.3) is 0 Å². The summed E-state index contributed by atoms with van der Waals surface area (Å²) < 4.78 is 0. The molecular formula is C19H23N5O2S. The lowest BCUT2D eigenvalue weighted by Crippen LogP contribution is -2.44. The van der Waals surface area contributed by atoms with Gasteiger partial charge in [-0.2, -0.15) is 0 Å². The van der Waals surface area contributed by atoms with Crippen LogP contribution in [0.4, 0.5) is 10.3 Å². The Morgan fingerprint density at radius 3 is 2.70 bits per heavy atom. The number of rotatable bonds is 5. The zero-order valence-electron chi connectivity index (χ0n) is 15.3. The number of nitrogens with zero attached hydrogens (tertiary/aromatic N) is 4. The Kier molecular flexibility index (Phi) is 5.07. The summed E-state index contributed by atoms with van der Waals surface area (Å²) in [6, 6.07) is 9.65. The van der Waals surface area contributed by atoms with E-state index >= 15 is 0 Å². The molecule has 0 aliphatic carbocycles. The van der Waals surface area contributed by atoms with Crippen LogP contribution in [0.5, 0.6) is 0 Å². The van der Waals surface area contributed by atoms with Crippen molar-refractivity contribution >= 4 is 33.4 Å². The quantitative estimate of drug-likeness (QED) is 0.856. The molecule has 1 N–H and O–H groups in total. The molecule has 0 radical (unpaired) electrons. The molecule has 2 fully saturated rings. The lowest BCUT2D eigenvalue weighted by Gasteiger charge is -2.24. The highest BCUT2D eigenvalue weighted by atomic mass is 32.1. The first-order chi connectivity index (χ1) is 13.1. The van der Waals surface area contributed by atoms with E-state index in [1.54, 1.807) is 4.90 Å². The summed E-state index contributed by atoms with van der Waals surface area (Å²) in [6.07, 6.45) is 3.17. The average molecular weight is 385 g/mol. The molecule has 27 heavy (non-hydrogen) atoms. The van der Waals surface area contributed by atoms with Crippen molar-refractivity contribution in [1.29, 1.82) is 0 Å². The molecule has 2 aromatic rings. The second-order valence-electron chi connectivity index (χ2n) is 7.01. The van der Waals surface area contributed by atoms with Crippen molar-refractivity contribution in [3.8, 4) is 0 Å². The van der Waals surface area contributed by atoms with E-state index in [1.165, 1.54) is 11.3 Å². The molecule has 4 rings (SSSR count). The first-order valence-corrected chi connectivity index (χ1v) is 10.2. The van der Waals surface area contributed by atoms with Crippen LogP contribution in [0.25, 0.3) is 0 Å². The largest absolute Gasteiger partial charge is 0.348 e. The molecular weight excluding hydrogens is 362 g/mol. The number of aromatic nitrogens is 2. The summed E-state index contributed by atoms with van der Waals surface area (Å²) in [7, 11) is 0. The maximum atomic E-state index is 12.9. The van der Waals surface area contributed by atoms with Gasteiger partial charge in [0, 0.05) is 19.5 Å². The SMILES string of the molecule is C[C@@H](NC(=O)[C@H]1CCCN1c1nnc(N2CCCC2=O)s1)c1ccccc1. The molecule has 0 bridgehead atoms. The third-order valence-corrected chi connectivity index (χ3v) is 6.15. The van der Waals surface area contributed by atoms with Gasteiger partial charge in [-0.05, 0) is 31.7 Å². The van der Waals surface area contributed by atoms with Crippen molar-refractivity contribution in [2.45, 2.75) is 44.7 Å². The molecule has 2 saturated heterocycles. The normalized spacial score (nSPS) is 20.9. The lowest BCUT2D eigenvalue weighted by molar-refractivity contribution is -0.122. The Morgan fingerprint density at radius 2 is 1.96 bits per heavy atom. The minimum atomic E-state index is -0.244. The van der Waals surface area contributed by atoms with Crippen LogP contribution in [0.15, 0.2) is 30.3 Å². The molecule has 8 heteroatoms. The van der Waals surface area contributed by atoms with Crippen molar-refractivity contribution in [3.05, 3.63) is 35.9 Å². The van der Waals surface area contributed by atoms with Crippen LogP contribution >= 0.6 is 11.3 Å². The minimum absolute atomic E-state index is 0.0119. The average Bonchev–Trinajstić information content (AvgIpc) is 3.41. The van der Waals surface area contributed by atoms with Crippen LogP contribution in [-0.4, -0.2) is 41.1 Å². The van der Waals surface area contributed by atoms with Gasteiger partial charge >= 0.3 is 0 Å². The smallest absolute Gasteiger partial charge is 0.243 e. The predicted octanol–water partition coefficient (Wildman–Crippen LogP) is 2.51. The van der Waals surface area contributed by atoms with Gasteiger partial charge in [0.15, 0.2) is 0 Å². The Balaban J connectivity index is 1.45. The number of benzene rings is 1. The van der Waals surface area contributed by atoms with Gasteiger partial charge in [-0.25, -0.2) is 0 Å². The summed E-state index contributed by atoms with van der Waals surface area (Å²) in [5.41, 5.74) is 1.08. The van der Waals surface area contributed by atoms with Gasteiger partial charge < -0.3 is 10.2 Å². The fraction of sp³-hybridized carbons (Fsp3) is 0.474. The molecule has 142 valence electrons. The van der Waals surface area contributed by atoms with E-state index in [9.17, 15) is 9.59 Å². The van der Waals surface area contributed by atoms with E-state index in [-0.39, 0.29) is 23.9 Å². The first kappa shape index (κ1) is 17.9. The molecule has 1 aromatic heterocycles. The summed E-state index contributed by atoms with van der Waals surface area (Å²) in [5, 5.41) is 12.9. The second-order valence-corrected chi connectivity index (χ2v) is 7.94. The van der Waals surface area contributed by atoms with Crippen molar-refractivity contribution in [1.82, 2.24) is 15.5 Å². The molecule has 2 amide bonds. The molecule has 7 nitrogen and oxygen atoms in total. The van der Waals surface area contributed by atoms with Crippen LogP contribution in [0.1, 0.15) is 44.2 Å². The highest BCUT2D eigenvalue weighted by molar-refractivity contribution is 7.19. The van der Waals surface area contributed by atoms with Crippen molar-refractivity contribution in [3.63, 3.8) is 0 Å². The van der Waals surface area contributed by atoms with Gasteiger partial charge in [0.05, 0.1) is 6.04 Å². The molecule has 0 spiro atoms. The lowest BCUT2D eigenvalue weighted by atomic mass is 10.1. The summed E-state index contributed by atoms with van der Waals surface area (Å²) >= 11 is 1.40. The fourth-order valence-electron chi connectivity index (χ4n) is 3.69. The van der Waals surface area contributed by atoms with Gasteiger partial charge in [0.1, 0.15) is 6.04 Å². The molecule has 2 aliphatic heterocycles. The number of nitrogens with one attached hydrogen (secondary N) is 1. The number of hydrogen-bond acceptors (Lipinski definition) is 6. The van der Waals surface area contributed by atoms with Gasteiger partial charge in [0.2, 0.25) is 22.1 Å². The highest BCUT2D eigenvalue weighted by Gasteiger charge is 2.34. The Bertz CT molecular complexity index is 825. The Labute approximate surface area is 162 Å². The number of amides is 2. The van der Waals surface area contributed by atoms with Crippen LogP contribution in [-0.2, 0) is 9.59 Å². The number of carbonyl (C=O) groups is 2. The number of hydrogen-bond donors (Lipinski definition) is 1.